The lowest BCUT2D eigenvalue weighted by molar-refractivity contribution is 0.824. The Balaban J connectivity index is 2.60. The molecule has 0 aliphatic heterocycles. The number of nitrogens with zero attached hydrogens (tertiary/aromatic N) is 2. The highest BCUT2D eigenvalue weighted by Gasteiger charge is 2.01. The molecule has 2 N–H and O–H groups in total. The quantitative estimate of drug-likeness (QED) is 0.673. The summed E-state index contributed by atoms with van der Waals surface area (Å²) in [5, 5.41) is 0. The van der Waals surface area contributed by atoms with E-state index < -0.39 is 0 Å². The van der Waals surface area contributed by atoms with Crippen LogP contribution in [0, 0.1) is 0 Å². The normalized spacial score (nSPS) is 10.4. The number of nitrogens with two attached hydrogens (primary N) is 1. The molecule has 2 rings (SSSR count). The minimum absolute atomic E-state index is 0.0735. The molecular weight excluding hydrogens is 178 g/mol. The van der Waals surface area contributed by atoms with E-state index in [4.69, 9.17) is 5.73 Å². The smallest absolute Gasteiger partial charge is 0.332 e. The first-order valence-corrected chi connectivity index (χ1v) is 4.28. The fraction of sp³-hybridized carbons (Fsp3) is 0.100. The van der Waals surface area contributed by atoms with Crippen LogP contribution in [0.5, 0.6) is 0 Å². The van der Waals surface area contributed by atoms with Crippen LogP contribution >= 0.6 is 0 Å². The second-order valence-electron chi connectivity index (χ2n) is 3.16. The molecule has 14 heavy (non-hydrogen) atoms. The lowest BCUT2D eigenvalue weighted by atomic mass is 10.3. The Morgan fingerprint density at radius 3 is 2.64 bits per heavy atom. The first-order valence-electron chi connectivity index (χ1n) is 4.28. The van der Waals surface area contributed by atoms with Gasteiger partial charge in [-0.3, -0.25) is 4.57 Å². The van der Waals surface area contributed by atoms with Gasteiger partial charge in [0.1, 0.15) is 0 Å². The van der Waals surface area contributed by atoms with Crippen molar-refractivity contribution in [2.45, 2.75) is 0 Å². The molecule has 4 nitrogen and oxygen atoms in total. The van der Waals surface area contributed by atoms with E-state index in [0.717, 1.165) is 5.69 Å². The summed E-state index contributed by atoms with van der Waals surface area (Å²) in [5.74, 6) is 0. The number of benzene rings is 1. The summed E-state index contributed by atoms with van der Waals surface area (Å²) >= 11 is 0. The van der Waals surface area contributed by atoms with Gasteiger partial charge in [0.25, 0.3) is 0 Å². The molecule has 4 heteroatoms. The maximum atomic E-state index is 11.6. The topological polar surface area (TPSA) is 52.9 Å². The van der Waals surface area contributed by atoms with E-state index in [0.29, 0.717) is 5.69 Å². The molecule has 0 saturated carbocycles. The predicted octanol–water partition coefficient (Wildman–Crippen LogP) is 0.758. The summed E-state index contributed by atoms with van der Waals surface area (Å²) in [6.07, 6.45) is 3.43. The Morgan fingerprint density at radius 1 is 1.29 bits per heavy atom. The van der Waals surface area contributed by atoms with Crippen molar-refractivity contribution in [1.29, 1.82) is 0 Å². The molecule has 0 aliphatic rings. The lowest BCUT2D eigenvalue weighted by Gasteiger charge is -2.01. The van der Waals surface area contributed by atoms with E-state index in [9.17, 15) is 4.79 Å². The van der Waals surface area contributed by atoms with Crippen LogP contribution in [0.2, 0.25) is 0 Å². The van der Waals surface area contributed by atoms with Gasteiger partial charge in [-0.05, 0) is 18.2 Å². The molecule has 1 aromatic carbocycles. The maximum Gasteiger partial charge on any atom is 0.332 e. The summed E-state index contributed by atoms with van der Waals surface area (Å²) in [6.45, 7) is 0. The number of anilines is 1. The minimum Gasteiger partial charge on any atom is -0.399 e. The molecule has 1 aromatic heterocycles. The molecule has 0 saturated heterocycles. The Labute approximate surface area is 81.2 Å². The van der Waals surface area contributed by atoms with Crippen molar-refractivity contribution < 1.29 is 0 Å². The molecule has 0 fully saturated rings. The van der Waals surface area contributed by atoms with E-state index >= 15 is 0 Å². The molecule has 0 aliphatic carbocycles. The van der Waals surface area contributed by atoms with Gasteiger partial charge in [-0.2, -0.15) is 0 Å². The highest BCUT2D eigenvalue weighted by Crippen LogP contribution is 2.09. The Kier molecular flexibility index (Phi) is 1.89. The van der Waals surface area contributed by atoms with Crippen molar-refractivity contribution >= 4 is 5.69 Å². The van der Waals surface area contributed by atoms with Gasteiger partial charge in [-0.1, -0.05) is 6.07 Å². The van der Waals surface area contributed by atoms with Gasteiger partial charge < -0.3 is 10.3 Å². The summed E-state index contributed by atoms with van der Waals surface area (Å²) in [7, 11) is 1.71. The van der Waals surface area contributed by atoms with Gasteiger partial charge in [-0.15, -0.1) is 0 Å². The van der Waals surface area contributed by atoms with Gasteiger partial charge in [0.2, 0.25) is 0 Å². The molecule has 0 bridgehead atoms. The largest absolute Gasteiger partial charge is 0.399 e. The van der Waals surface area contributed by atoms with Crippen molar-refractivity contribution in [3.8, 4) is 5.69 Å². The van der Waals surface area contributed by atoms with Crippen LogP contribution in [0.3, 0.4) is 0 Å². The van der Waals surface area contributed by atoms with Crippen molar-refractivity contribution in [3.63, 3.8) is 0 Å². The van der Waals surface area contributed by atoms with E-state index in [2.05, 4.69) is 0 Å². The van der Waals surface area contributed by atoms with E-state index in [1.807, 2.05) is 12.1 Å². The molecule has 0 radical (unpaired) electrons. The third-order valence-electron chi connectivity index (χ3n) is 2.10. The molecule has 0 unspecified atom stereocenters. The molecule has 2 aromatic rings. The second kappa shape index (κ2) is 3.06. The zero-order valence-electron chi connectivity index (χ0n) is 7.84. The SMILES string of the molecule is Cn1ccn(-c2cccc(N)c2)c1=O. The van der Waals surface area contributed by atoms with Crippen molar-refractivity contribution in [2.75, 3.05) is 5.73 Å². The van der Waals surface area contributed by atoms with Crippen LogP contribution in [0.15, 0.2) is 41.5 Å². The van der Waals surface area contributed by atoms with Crippen LogP contribution < -0.4 is 11.4 Å². The molecule has 0 amide bonds. The summed E-state index contributed by atoms with van der Waals surface area (Å²) < 4.78 is 3.07. The number of imidazole rings is 1. The number of hydrogen-bond acceptors (Lipinski definition) is 2. The minimum atomic E-state index is -0.0735. The van der Waals surface area contributed by atoms with Crippen molar-refractivity contribution in [2.24, 2.45) is 7.05 Å². The standard InChI is InChI=1S/C10H11N3O/c1-12-5-6-13(10(12)14)9-4-2-3-8(11)7-9/h2-7H,11H2,1H3. The van der Waals surface area contributed by atoms with Crippen LogP contribution in [0.25, 0.3) is 5.69 Å². The highest BCUT2D eigenvalue weighted by atomic mass is 16.1. The van der Waals surface area contributed by atoms with Gasteiger partial charge in [0.05, 0.1) is 5.69 Å². The molecule has 1 heterocycles. The van der Waals surface area contributed by atoms with Crippen molar-refractivity contribution in [3.05, 3.63) is 47.1 Å². The van der Waals surface area contributed by atoms with Gasteiger partial charge in [-0.25, -0.2) is 4.79 Å². The van der Waals surface area contributed by atoms with Crippen LogP contribution in [-0.4, -0.2) is 9.13 Å². The Bertz CT molecular complexity index is 510. The monoisotopic (exact) mass is 189 g/mol. The maximum absolute atomic E-state index is 11.6. The zero-order valence-corrected chi connectivity index (χ0v) is 7.84. The van der Waals surface area contributed by atoms with E-state index in [1.165, 1.54) is 4.57 Å². The number of rotatable bonds is 1. The fourth-order valence-electron chi connectivity index (χ4n) is 1.34. The summed E-state index contributed by atoms with van der Waals surface area (Å²) in [6, 6.07) is 7.22. The molecule has 0 spiro atoms. The average Bonchev–Trinajstić information content (AvgIpc) is 2.48. The lowest BCUT2D eigenvalue weighted by Crippen LogP contribution is -2.20. The third-order valence-corrected chi connectivity index (χ3v) is 2.10. The van der Waals surface area contributed by atoms with Crippen LogP contribution in [-0.2, 0) is 7.05 Å². The first-order chi connectivity index (χ1) is 6.68. The Morgan fingerprint density at radius 2 is 2.07 bits per heavy atom. The summed E-state index contributed by atoms with van der Waals surface area (Å²) in [4.78, 5) is 11.6. The molecular formula is C10H11N3O. The fourth-order valence-corrected chi connectivity index (χ4v) is 1.34. The number of hydrogen-bond donors (Lipinski definition) is 1. The summed E-state index contributed by atoms with van der Waals surface area (Å²) in [5.41, 5.74) is 7.00. The predicted molar refractivity (Wildman–Crippen MR) is 55.4 cm³/mol. The molecule has 0 atom stereocenters. The van der Waals surface area contributed by atoms with E-state index in [1.54, 1.807) is 36.1 Å². The number of aromatic nitrogens is 2. The average molecular weight is 189 g/mol. The number of nitrogen functional groups attached to an aromatic ring is 1. The zero-order chi connectivity index (χ0) is 10.1. The number of aryl methyl sites for hydroxylation is 1. The van der Waals surface area contributed by atoms with Crippen molar-refractivity contribution in [1.82, 2.24) is 9.13 Å². The highest BCUT2D eigenvalue weighted by molar-refractivity contribution is 5.47. The first kappa shape index (κ1) is 8.62. The van der Waals surface area contributed by atoms with Gasteiger partial charge in [0, 0.05) is 25.1 Å². The molecule has 72 valence electrons. The van der Waals surface area contributed by atoms with E-state index in [-0.39, 0.29) is 5.69 Å². The Hall–Kier alpha value is -1.97. The van der Waals surface area contributed by atoms with Crippen LogP contribution in [0.4, 0.5) is 5.69 Å². The third kappa shape index (κ3) is 1.31. The van der Waals surface area contributed by atoms with Crippen LogP contribution in [0.1, 0.15) is 0 Å². The second-order valence-corrected chi connectivity index (χ2v) is 3.16. The van der Waals surface area contributed by atoms with Gasteiger partial charge >= 0.3 is 5.69 Å². The van der Waals surface area contributed by atoms with Gasteiger partial charge in [0.15, 0.2) is 0 Å².